The Hall–Kier alpha value is -1.00. The van der Waals surface area contributed by atoms with Crippen molar-refractivity contribution in [1.29, 1.82) is 0 Å². The van der Waals surface area contributed by atoms with Gasteiger partial charge in [-0.2, -0.15) is 0 Å². The Balaban J connectivity index is 1.93. The average Bonchev–Trinajstić information content (AvgIpc) is 3.02. The Labute approximate surface area is 112 Å². The van der Waals surface area contributed by atoms with Gasteiger partial charge in [0.2, 0.25) is 0 Å². The molecule has 4 unspecified atom stereocenters. The lowest BCUT2D eigenvalue weighted by Gasteiger charge is -2.29. The van der Waals surface area contributed by atoms with Crippen molar-refractivity contribution in [3.63, 3.8) is 0 Å². The molecule has 0 spiro atoms. The fraction of sp³-hybridized carbons (Fsp3) is 0.600. The van der Waals surface area contributed by atoms with Crippen LogP contribution in [0.15, 0.2) is 12.1 Å². The van der Waals surface area contributed by atoms with Crippen LogP contribution in [0, 0.1) is 24.5 Å². The zero-order valence-corrected chi connectivity index (χ0v) is 11.2. The van der Waals surface area contributed by atoms with Gasteiger partial charge in [0.25, 0.3) is 0 Å². The second-order valence-electron chi connectivity index (χ2n) is 5.64. The molecule has 3 rings (SSSR count). The van der Waals surface area contributed by atoms with Gasteiger partial charge in [0.15, 0.2) is 11.6 Å². The van der Waals surface area contributed by atoms with E-state index in [1.54, 1.807) is 26.1 Å². The third-order valence-electron chi connectivity index (χ3n) is 4.53. The fourth-order valence-electron chi connectivity index (χ4n) is 3.53. The molecule has 1 aromatic rings. The topological polar surface area (TPSA) is 21.3 Å². The Morgan fingerprint density at radius 3 is 2.63 bits per heavy atom. The number of hydrogen-bond acceptors (Lipinski definition) is 2. The third kappa shape index (κ3) is 2.07. The molecular formula is C15H19F2NO. The molecule has 4 atom stereocenters. The van der Waals surface area contributed by atoms with E-state index in [0.717, 1.165) is 19.3 Å². The molecule has 2 bridgehead atoms. The monoisotopic (exact) mass is 267 g/mol. The first-order chi connectivity index (χ1) is 9.11. The van der Waals surface area contributed by atoms with Crippen molar-refractivity contribution in [2.75, 3.05) is 7.05 Å². The SMILES string of the molecule is CNC(c1ccc(C)c(F)c1F)C1CC2CCC1O2. The van der Waals surface area contributed by atoms with Crippen LogP contribution in [0.2, 0.25) is 0 Å². The molecule has 0 saturated carbocycles. The molecule has 2 heterocycles. The number of halogens is 2. The summed E-state index contributed by atoms with van der Waals surface area (Å²) < 4.78 is 33.7. The number of ether oxygens (including phenoxy) is 1. The van der Waals surface area contributed by atoms with Crippen molar-refractivity contribution in [3.05, 3.63) is 34.9 Å². The van der Waals surface area contributed by atoms with Gasteiger partial charge in [0, 0.05) is 17.5 Å². The number of benzene rings is 1. The van der Waals surface area contributed by atoms with Gasteiger partial charge in [-0.05, 0) is 38.8 Å². The largest absolute Gasteiger partial charge is 0.375 e. The predicted molar refractivity (Wildman–Crippen MR) is 68.9 cm³/mol. The molecule has 0 amide bonds. The van der Waals surface area contributed by atoms with Crippen LogP contribution in [0.3, 0.4) is 0 Å². The van der Waals surface area contributed by atoms with Crippen LogP contribution < -0.4 is 5.32 Å². The van der Waals surface area contributed by atoms with Crippen LogP contribution in [-0.2, 0) is 4.74 Å². The summed E-state index contributed by atoms with van der Waals surface area (Å²) >= 11 is 0. The molecule has 0 radical (unpaired) electrons. The summed E-state index contributed by atoms with van der Waals surface area (Å²) in [5.74, 6) is -1.22. The first-order valence-electron chi connectivity index (χ1n) is 6.89. The smallest absolute Gasteiger partial charge is 0.163 e. The summed E-state index contributed by atoms with van der Waals surface area (Å²) in [5.41, 5.74) is 0.770. The van der Waals surface area contributed by atoms with E-state index in [9.17, 15) is 8.78 Å². The van der Waals surface area contributed by atoms with Crippen molar-refractivity contribution in [2.24, 2.45) is 5.92 Å². The Kier molecular flexibility index (Phi) is 3.31. The van der Waals surface area contributed by atoms with E-state index in [1.165, 1.54) is 0 Å². The maximum absolute atomic E-state index is 14.1. The van der Waals surface area contributed by atoms with Gasteiger partial charge < -0.3 is 10.1 Å². The van der Waals surface area contributed by atoms with Gasteiger partial charge in [-0.25, -0.2) is 8.78 Å². The lowest BCUT2D eigenvalue weighted by Crippen LogP contribution is -2.32. The number of fused-ring (bicyclic) bond motifs is 2. The molecular weight excluding hydrogens is 248 g/mol. The van der Waals surface area contributed by atoms with Crippen LogP contribution in [0.4, 0.5) is 8.78 Å². The molecule has 2 saturated heterocycles. The number of rotatable bonds is 3. The number of hydrogen-bond donors (Lipinski definition) is 1. The summed E-state index contributed by atoms with van der Waals surface area (Å²) in [5, 5.41) is 3.15. The molecule has 4 heteroatoms. The van der Waals surface area contributed by atoms with E-state index in [2.05, 4.69) is 5.32 Å². The summed E-state index contributed by atoms with van der Waals surface area (Å²) in [7, 11) is 1.80. The van der Waals surface area contributed by atoms with Gasteiger partial charge in [-0.1, -0.05) is 12.1 Å². The third-order valence-corrected chi connectivity index (χ3v) is 4.53. The highest BCUT2D eigenvalue weighted by atomic mass is 19.2. The van der Waals surface area contributed by atoms with Crippen molar-refractivity contribution < 1.29 is 13.5 Å². The maximum Gasteiger partial charge on any atom is 0.163 e. The van der Waals surface area contributed by atoms with Crippen molar-refractivity contribution in [1.82, 2.24) is 5.32 Å². The molecule has 2 aliphatic heterocycles. The minimum Gasteiger partial charge on any atom is -0.375 e. The van der Waals surface area contributed by atoms with Crippen LogP contribution >= 0.6 is 0 Å². The minimum absolute atomic E-state index is 0.176. The van der Waals surface area contributed by atoms with Crippen LogP contribution in [0.5, 0.6) is 0 Å². The van der Waals surface area contributed by atoms with Crippen molar-refractivity contribution >= 4 is 0 Å². The van der Waals surface area contributed by atoms with E-state index in [0.29, 0.717) is 17.2 Å². The van der Waals surface area contributed by atoms with Crippen LogP contribution in [0.25, 0.3) is 0 Å². The molecule has 104 valence electrons. The standard InChI is InChI=1S/C15H19F2NO/c1-8-3-5-10(14(17)13(8)16)15(18-2)11-7-9-4-6-12(11)19-9/h3,5,9,11-12,15,18H,4,6-7H2,1-2H3. The summed E-state index contributed by atoms with van der Waals surface area (Å²) in [6.07, 6.45) is 3.56. The first kappa shape index (κ1) is 13.0. The van der Waals surface area contributed by atoms with E-state index < -0.39 is 11.6 Å². The van der Waals surface area contributed by atoms with Gasteiger partial charge in [-0.3, -0.25) is 0 Å². The maximum atomic E-state index is 14.1. The summed E-state index contributed by atoms with van der Waals surface area (Å²) in [6, 6.07) is 3.16. The molecule has 1 N–H and O–H groups in total. The molecule has 2 fully saturated rings. The lowest BCUT2D eigenvalue weighted by atomic mass is 9.80. The van der Waals surface area contributed by atoms with E-state index in [-0.39, 0.29) is 18.1 Å². The molecule has 0 aromatic heterocycles. The van der Waals surface area contributed by atoms with Gasteiger partial charge in [-0.15, -0.1) is 0 Å². The highest BCUT2D eigenvalue weighted by Crippen LogP contribution is 2.45. The van der Waals surface area contributed by atoms with E-state index in [1.807, 2.05) is 0 Å². The zero-order chi connectivity index (χ0) is 13.6. The fourth-order valence-corrected chi connectivity index (χ4v) is 3.53. The van der Waals surface area contributed by atoms with Gasteiger partial charge in [0.05, 0.1) is 12.2 Å². The van der Waals surface area contributed by atoms with Gasteiger partial charge in [0.1, 0.15) is 0 Å². The first-order valence-corrected chi connectivity index (χ1v) is 6.89. The van der Waals surface area contributed by atoms with Crippen LogP contribution in [0.1, 0.15) is 36.4 Å². The normalized spacial score (nSPS) is 30.8. The summed E-state index contributed by atoms with van der Waals surface area (Å²) in [4.78, 5) is 0. The van der Waals surface area contributed by atoms with E-state index >= 15 is 0 Å². The Morgan fingerprint density at radius 1 is 1.26 bits per heavy atom. The van der Waals surface area contributed by atoms with Crippen molar-refractivity contribution in [3.8, 4) is 0 Å². The predicted octanol–water partition coefficient (Wildman–Crippen LogP) is 3.10. The number of aryl methyl sites for hydroxylation is 1. The second kappa shape index (κ2) is 4.84. The second-order valence-corrected chi connectivity index (χ2v) is 5.64. The Morgan fingerprint density at radius 2 is 2.05 bits per heavy atom. The highest BCUT2D eigenvalue weighted by Gasteiger charge is 2.45. The molecule has 19 heavy (non-hydrogen) atoms. The highest BCUT2D eigenvalue weighted by molar-refractivity contribution is 5.29. The molecule has 2 aliphatic rings. The molecule has 1 aromatic carbocycles. The number of nitrogens with one attached hydrogen (secondary N) is 1. The molecule has 2 nitrogen and oxygen atoms in total. The lowest BCUT2D eigenvalue weighted by molar-refractivity contribution is 0.0859. The minimum atomic E-state index is -0.734. The van der Waals surface area contributed by atoms with Crippen molar-refractivity contribution in [2.45, 2.75) is 44.4 Å². The average molecular weight is 267 g/mol. The molecule has 0 aliphatic carbocycles. The van der Waals surface area contributed by atoms with E-state index in [4.69, 9.17) is 4.74 Å². The quantitative estimate of drug-likeness (QED) is 0.908. The summed E-state index contributed by atoms with van der Waals surface area (Å²) in [6.45, 7) is 1.58. The van der Waals surface area contributed by atoms with Gasteiger partial charge >= 0.3 is 0 Å². The Bertz CT molecular complexity index is 491. The zero-order valence-electron chi connectivity index (χ0n) is 11.2. The van der Waals surface area contributed by atoms with Crippen LogP contribution in [-0.4, -0.2) is 19.3 Å².